The molecule has 166 valence electrons. The minimum absolute atomic E-state index is 0.139. The molecule has 0 fully saturated rings. The Bertz CT molecular complexity index is 837. The van der Waals surface area contributed by atoms with Crippen LogP contribution < -0.4 is 15.1 Å². The average Bonchev–Trinajstić information content (AvgIpc) is 2.74. The molecule has 0 aliphatic carbocycles. The zero-order chi connectivity index (χ0) is 21.6. The van der Waals surface area contributed by atoms with Crippen LogP contribution in [0, 0.1) is 0 Å². The van der Waals surface area contributed by atoms with E-state index in [2.05, 4.69) is 13.8 Å². The van der Waals surface area contributed by atoms with Gasteiger partial charge < -0.3 is 19.0 Å². The van der Waals surface area contributed by atoms with Crippen molar-refractivity contribution in [3.05, 3.63) is 40.8 Å². The number of unbranched alkanes of at least 4 members (excludes halogenated alkanes) is 7. The summed E-state index contributed by atoms with van der Waals surface area (Å²) in [5.41, 5.74) is -0.385. The number of benzene rings is 1. The first-order chi connectivity index (χ1) is 14.7. The van der Waals surface area contributed by atoms with Crippen molar-refractivity contribution in [1.29, 1.82) is 0 Å². The fourth-order valence-electron chi connectivity index (χ4n) is 3.30. The van der Waals surface area contributed by atoms with Gasteiger partial charge >= 0.3 is 5.63 Å². The number of ether oxygens (including phenoxy) is 2. The molecule has 2 aromatic rings. The van der Waals surface area contributed by atoms with E-state index in [9.17, 15) is 9.90 Å². The Morgan fingerprint density at radius 2 is 1.67 bits per heavy atom. The smallest absolute Gasteiger partial charge is 0.383 e. The quantitative estimate of drug-likeness (QED) is 0.197. The minimum atomic E-state index is -0.681. The number of hydrogen-bond acceptors (Lipinski definition) is 5. The van der Waals surface area contributed by atoms with Gasteiger partial charge in [-0.15, -0.1) is 0 Å². The highest BCUT2D eigenvalue weighted by Gasteiger charge is 2.15. The van der Waals surface area contributed by atoms with Gasteiger partial charge in [-0.1, -0.05) is 70.9 Å². The van der Waals surface area contributed by atoms with Gasteiger partial charge in [0.15, 0.2) is 5.75 Å². The summed E-state index contributed by atoms with van der Waals surface area (Å²) in [6.07, 6.45) is 15.6. The third-order valence-corrected chi connectivity index (χ3v) is 5.01. The lowest BCUT2D eigenvalue weighted by atomic mass is 10.1. The highest BCUT2D eigenvalue weighted by molar-refractivity contribution is 5.86. The second-order valence-corrected chi connectivity index (χ2v) is 7.57. The van der Waals surface area contributed by atoms with E-state index < -0.39 is 5.63 Å². The Balaban J connectivity index is 1.85. The molecule has 0 saturated carbocycles. The van der Waals surface area contributed by atoms with Gasteiger partial charge in [-0.2, -0.15) is 0 Å². The topological polar surface area (TPSA) is 68.9 Å². The zero-order valence-electron chi connectivity index (χ0n) is 18.5. The second-order valence-electron chi connectivity index (χ2n) is 7.57. The first kappa shape index (κ1) is 23.8. The molecule has 1 aromatic heterocycles. The van der Waals surface area contributed by atoms with Gasteiger partial charge in [0.05, 0.1) is 18.6 Å². The number of aromatic hydroxyl groups is 1. The van der Waals surface area contributed by atoms with Crippen molar-refractivity contribution < 1.29 is 19.0 Å². The highest BCUT2D eigenvalue weighted by Crippen LogP contribution is 2.33. The highest BCUT2D eigenvalue weighted by atomic mass is 16.5. The predicted octanol–water partition coefficient (Wildman–Crippen LogP) is 6.75. The standard InChI is InChI=1S/C25H36O5/c1-3-5-7-9-10-11-12-14-17-28-20-15-16-21-22(19-20)30-25(27)24(23(21)26)29-18-13-8-6-4-2/h6,8,15-16,19,26H,3-5,7,9-14,17-18H2,1-2H3. The Morgan fingerprint density at radius 3 is 2.40 bits per heavy atom. The maximum Gasteiger partial charge on any atom is 0.383 e. The van der Waals surface area contributed by atoms with Crippen LogP contribution in [0.1, 0.15) is 78.1 Å². The lowest BCUT2D eigenvalue weighted by molar-refractivity contribution is 0.289. The fraction of sp³-hybridized carbons (Fsp3) is 0.560. The van der Waals surface area contributed by atoms with Crippen LogP contribution in [-0.4, -0.2) is 18.3 Å². The van der Waals surface area contributed by atoms with Crippen molar-refractivity contribution in [2.24, 2.45) is 0 Å². The summed E-state index contributed by atoms with van der Waals surface area (Å²) in [5, 5.41) is 10.9. The lowest BCUT2D eigenvalue weighted by Gasteiger charge is -2.10. The lowest BCUT2D eigenvalue weighted by Crippen LogP contribution is -2.08. The van der Waals surface area contributed by atoms with Gasteiger partial charge in [-0.3, -0.25) is 0 Å². The van der Waals surface area contributed by atoms with Gasteiger partial charge in [0.1, 0.15) is 11.3 Å². The largest absolute Gasteiger partial charge is 0.504 e. The third-order valence-electron chi connectivity index (χ3n) is 5.01. The average molecular weight is 417 g/mol. The van der Waals surface area contributed by atoms with Crippen LogP contribution in [0.15, 0.2) is 39.6 Å². The van der Waals surface area contributed by atoms with Crippen molar-refractivity contribution in [1.82, 2.24) is 0 Å². The van der Waals surface area contributed by atoms with E-state index >= 15 is 0 Å². The summed E-state index contributed by atoms with van der Waals surface area (Å²) in [4.78, 5) is 12.2. The molecule has 1 heterocycles. The molecule has 2 rings (SSSR count). The van der Waals surface area contributed by atoms with E-state index in [1.807, 2.05) is 12.2 Å². The van der Waals surface area contributed by atoms with Gasteiger partial charge in [0, 0.05) is 6.07 Å². The third kappa shape index (κ3) is 7.77. The number of allylic oxidation sites excluding steroid dienone is 1. The minimum Gasteiger partial charge on any atom is -0.504 e. The summed E-state index contributed by atoms with van der Waals surface area (Å²) in [7, 11) is 0. The Labute approximate surface area is 179 Å². The first-order valence-corrected chi connectivity index (χ1v) is 11.4. The molecule has 5 nitrogen and oxygen atoms in total. The van der Waals surface area contributed by atoms with Crippen LogP contribution in [0.4, 0.5) is 0 Å². The molecule has 0 aliphatic rings. The summed E-state index contributed by atoms with van der Waals surface area (Å²) < 4.78 is 16.6. The molecule has 5 heteroatoms. The van der Waals surface area contributed by atoms with E-state index in [4.69, 9.17) is 13.9 Å². The second kappa shape index (κ2) is 13.7. The normalized spacial score (nSPS) is 11.4. The van der Waals surface area contributed by atoms with Crippen LogP contribution in [0.3, 0.4) is 0 Å². The van der Waals surface area contributed by atoms with Crippen molar-refractivity contribution in [2.45, 2.75) is 78.1 Å². The molecule has 1 aromatic carbocycles. The summed E-state index contributed by atoms with van der Waals surface area (Å²) >= 11 is 0. The maximum atomic E-state index is 12.2. The molecule has 30 heavy (non-hydrogen) atoms. The van der Waals surface area contributed by atoms with Crippen molar-refractivity contribution in [2.75, 3.05) is 13.2 Å². The number of hydrogen-bond donors (Lipinski definition) is 1. The van der Waals surface area contributed by atoms with Crippen LogP contribution in [-0.2, 0) is 0 Å². The van der Waals surface area contributed by atoms with Crippen LogP contribution >= 0.6 is 0 Å². The molecule has 0 saturated heterocycles. The van der Waals surface area contributed by atoms with Gasteiger partial charge in [-0.05, 0) is 31.4 Å². The molecular weight excluding hydrogens is 380 g/mol. The van der Waals surface area contributed by atoms with E-state index in [0.29, 0.717) is 36.4 Å². The van der Waals surface area contributed by atoms with Gasteiger partial charge in [0.25, 0.3) is 0 Å². The number of rotatable bonds is 15. The van der Waals surface area contributed by atoms with E-state index in [-0.39, 0.29) is 11.5 Å². The number of fused-ring (bicyclic) bond motifs is 1. The monoisotopic (exact) mass is 416 g/mol. The van der Waals surface area contributed by atoms with Gasteiger partial charge in [-0.25, -0.2) is 4.79 Å². The van der Waals surface area contributed by atoms with E-state index in [1.54, 1.807) is 18.2 Å². The zero-order valence-corrected chi connectivity index (χ0v) is 18.5. The van der Waals surface area contributed by atoms with Crippen molar-refractivity contribution in [3.63, 3.8) is 0 Å². The molecule has 0 amide bonds. The van der Waals surface area contributed by atoms with Crippen LogP contribution in [0.2, 0.25) is 0 Å². The summed E-state index contributed by atoms with van der Waals surface area (Å²) in [6.45, 7) is 5.22. The fourth-order valence-corrected chi connectivity index (χ4v) is 3.30. The molecule has 1 N–H and O–H groups in total. The molecule has 0 bridgehead atoms. The SMILES string of the molecule is CCC=CCCOc1c(O)c2ccc(OCCCCCCCCCC)cc2oc1=O. The van der Waals surface area contributed by atoms with Crippen molar-refractivity contribution in [3.8, 4) is 17.2 Å². The molecule has 0 spiro atoms. The Kier molecular flexibility index (Phi) is 10.9. The predicted molar refractivity (Wildman–Crippen MR) is 122 cm³/mol. The molecule has 0 atom stereocenters. The van der Waals surface area contributed by atoms with Crippen LogP contribution in [0.25, 0.3) is 11.0 Å². The molecule has 0 unspecified atom stereocenters. The molecular formula is C25H36O5. The Morgan fingerprint density at radius 1 is 0.933 bits per heavy atom. The summed E-state index contributed by atoms with van der Waals surface area (Å²) in [5.74, 6) is 0.307. The molecule has 0 aliphatic heterocycles. The maximum absolute atomic E-state index is 12.2. The molecule has 0 radical (unpaired) electrons. The van der Waals surface area contributed by atoms with Gasteiger partial charge in [0.2, 0.25) is 5.75 Å². The Hall–Kier alpha value is -2.43. The van der Waals surface area contributed by atoms with Crippen molar-refractivity contribution >= 4 is 11.0 Å². The summed E-state index contributed by atoms with van der Waals surface area (Å²) in [6, 6.07) is 5.12. The van der Waals surface area contributed by atoms with Crippen LogP contribution in [0.5, 0.6) is 17.2 Å². The van der Waals surface area contributed by atoms with E-state index in [1.165, 1.54) is 38.5 Å². The van der Waals surface area contributed by atoms with E-state index in [0.717, 1.165) is 19.3 Å². The first-order valence-electron chi connectivity index (χ1n) is 11.4.